The minimum Gasteiger partial charge on any atom is -0.461 e. The number of carbonyl (C=O) groups is 2. The van der Waals surface area contributed by atoms with Crippen molar-refractivity contribution in [2.75, 3.05) is 59.0 Å². The van der Waals surface area contributed by atoms with Gasteiger partial charge in [0.15, 0.2) is 5.94 Å². The molecule has 9 nitrogen and oxygen atoms in total. The monoisotopic (exact) mass is 479 g/mol. The Bertz CT molecular complexity index is 627. The number of ether oxygens (including phenoxy) is 1. The topological polar surface area (TPSA) is 94.2 Å². The quantitative estimate of drug-likeness (QED) is 0.317. The standard InChI is InChI=1S/C20H33N5O4.2ClH/c1-2-29-20(28)18(15-26)25(19(27)16-3-7-21-8-4-16)24-13-11-23(12-14-24)17-5-9-22-10-6-17;;/h16-17,21-22H,2-14H2,1H3;2*1H. The predicted octanol–water partition coefficient (Wildman–Crippen LogP) is 0.221. The van der Waals surface area contributed by atoms with Crippen LogP contribution in [-0.4, -0.2) is 97.7 Å². The maximum Gasteiger partial charge on any atom is 0.368 e. The van der Waals surface area contributed by atoms with Crippen LogP contribution >= 0.6 is 24.8 Å². The lowest BCUT2D eigenvalue weighted by molar-refractivity contribution is -0.160. The van der Waals surface area contributed by atoms with E-state index in [0.29, 0.717) is 32.0 Å². The number of piperazine rings is 1. The number of nitrogens with zero attached hydrogens (tertiary/aromatic N) is 3. The Hall–Kier alpha value is -1.19. The van der Waals surface area contributed by atoms with E-state index in [1.807, 2.05) is 5.01 Å². The molecule has 3 rings (SSSR count). The molecule has 0 saturated carbocycles. The Labute approximate surface area is 196 Å². The van der Waals surface area contributed by atoms with E-state index in [0.717, 1.165) is 52.1 Å². The van der Waals surface area contributed by atoms with Crippen LogP contribution in [0, 0.1) is 5.92 Å². The van der Waals surface area contributed by atoms with Crippen molar-refractivity contribution in [3.8, 4) is 0 Å². The average Bonchev–Trinajstić information content (AvgIpc) is 2.78. The molecule has 3 aliphatic heterocycles. The molecule has 0 atom stereocenters. The van der Waals surface area contributed by atoms with Gasteiger partial charge in [-0.25, -0.2) is 19.6 Å². The summed E-state index contributed by atoms with van der Waals surface area (Å²) in [5.41, 5.74) is -0.328. The zero-order valence-corrected chi connectivity index (χ0v) is 19.8. The molecule has 0 spiro atoms. The summed E-state index contributed by atoms with van der Waals surface area (Å²) in [6, 6.07) is 0.554. The number of halogens is 2. The molecule has 0 aliphatic carbocycles. The smallest absolute Gasteiger partial charge is 0.368 e. The minimum atomic E-state index is -0.787. The maximum absolute atomic E-state index is 13.3. The Kier molecular flexibility index (Phi) is 12.6. The second-order valence-corrected chi connectivity index (χ2v) is 7.82. The van der Waals surface area contributed by atoms with E-state index < -0.39 is 5.97 Å². The molecule has 31 heavy (non-hydrogen) atoms. The molecule has 2 N–H and O–H groups in total. The molecule has 0 unspecified atom stereocenters. The van der Waals surface area contributed by atoms with E-state index in [2.05, 4.69) is 15.5 Å². The number of esters is 1. The van der Waals surface area contributed by atoms with Crippen LogP contribution in [0.3, 0.4) is 0 Å². The van der Waals surface area contributed by atoms with Gasteiger partial charge in [0.25, 0.3) is 0 Å². The number of amides is 1. The van der Waals surface area contributed by atoms with Gasteiger partial charge in [0.2, 0.25) is 11.6 Å². The number of carbonyl (C=O) groups excluding carboxylic acids is 3. The largest absolute Gasteiger partial charge is 0.461 e. The van der Waals surface area contributed by atoms with Gasteiger partial charge in [0, 0.05) is 38.1 Å². The van der Waals surface area contributed by atoms with E-state index >= 15 is 0 Å². The summed E-state index contributed by atoms with van der Waals surface area (Å²) < 4.78 is 5.03. The summed E-state index contributed by atoms with van der Waals surface area (Å²) >= 11 is 0. The molecule has 0 aromatic heterocycles. The normalized spacial score (nSPS) is 21.2. The number of nitrogens with one attached hydrogen (secondary N) is 2. The number of hydrazine groups is 1. The number of piperidine rings is 2. The highest BCUT2D eigenvalue weighted by atomic mass is 35.5. The first kappa shape index (κ1) is 27.8. The van der Waals surface area contributed by atoms with E-state index in [9.17, 15) is 14.4 Å². The third-order valence-electron chi connectivity index (χ3n) is 6.07. The number of rotatable bonds is 6. The fourth-order valence-electron chi connectivity index (χ4n) is 4.45. The highest BCUT2D eigenvalue weighted by Gasteiger charge is 2.38. The van der Waals surface area contributed by atoms with Crippen molar-refractivity contribution in [2.24, 2.45) is 5.92 Å². The molecule has 178 valence electrons. The van der Waals surface area contributed by atoms with Crippen molar-refractivity contribution in [3.63, 3.8) is 0 Å². The molecule has 11 heteroatoms. The van der Waals surface area contributed by atoms with Gasteiger partial charge in [0.05, 0.1) is 6.61 Å². The van der Waals surface area contributed by atoms with Gasteiger partial charge in [-0.15, -0.1) is 24.8 Å². The van der Waals surface area contributed by atoms with Crippen molar-refractivity contribution in [2.45, 2.75) is 38.6 Å². The molecule has 3 fully saturated rings. The number of hydrogen-bond acceptors (Lipinski definition) is 8. The second kappa shape index (κ2) is 14.1. The molecule has 1 amide bonds. The van der Waals surface area contributed by atoms with Crippen LogP contribution in [0.2, 0.25) is 0 Å². The lowest BCUT2D eigenvalue weighted by atomic mass is 9.97. The van der Waals surface area contributed by atoms with Crippen LogP contribution in [0.25, 0.3) is 0 Å². The van der Waals surface area contributed by atoms with Crippen molar-refractivity contribution < 1.29 is 19.1 Å². The first-order valence-corrected chi connectivity index (χ1v) is 10.8. The van der Waals surface area contributed by atoms with Gasteiger partial charge in [-0.2, -0.15) is 0 Å². The van der Waals surface area contributed by atoms with Crippen LogP contribution in [0.1, 0.15) is 32.6 Å². The summed E-state index contributed by atoms with van der Waals surface area (Å²) in [5.74, 6) is 0.498. The van der Waals surface area contributed by atoms with Crippen LogP contribution in [0.15, 0.2) is 5.70 Å². The molecule has 3 saturated heterocycles. The molecule has 0 aromatic rings. The van der Waals surface area contributed by atoms with Gasteiger partial charge in [-0.1, -0.05) is 0 Å². The predicted molar refractivity (Wildman–Crippen MR) is 122 cm³/mol. The van der Waals surface area contributed by atoms with Crippen LogP contribution in [0.4, 0.5) is 0 Å². The van der Waals surface area contributed by atoms with E-state index in [1.54, 1.807) is 12.9 Å². The van der Waals surface area contributed by atoms with Gasteiger partial charge in [-0.3, -0.25) is 9.69 Å². The van der Waals surface area contributed by atoms with Crippen molar-refractivity contribution in [3.05, 3.63) is 5.70 Å². The number of hydrogen-bond donors (Lipinski definition) is 2. The fraction of sp³-hybridized carbons (Fsp3) is 0.800. The molecule has 0 radical (unpaired) electrons. The third-order valence-corrected chi connectivity index (χ3v) is 6.07. The Morgan fingerprint density at radius 3 is 2.03 bits per heavy atom. The van der Waals surface area contributed by atoms with Crippen LogP contribution < -0.4 is 10.6 Å². The van der Waals surface area contributed by atoms with E-state index in [1.165, 1.54) is 5.01 Å². The van der Waals surface area contributed by atoms with Gasteiger partial charge in [-0.05, 0) is 58.8 Å². The zero-order chi connectivity index (χ0) is 20.6. The first-order chi connectivity index (χ1) is 14.2. The SMILES string of the molecule is CCOC(=O)C(=C=O)N(C(=O)C1CCNCC1)N1CCN(C2CCNCC2)CC1.Cl.Cl. The molecular weight excluding hydrogens is 445 g/mol. The van der Waals surface area contributed by atoms with E-state index in [4.69, 9.17) is 4.74 Å². The molecule has 3 aliphatic rings. The average molecular weight is 480 g/mol. The Balaban J connectivity index is 0.00000240. The third kappa shape index (κ3) is 7.15. The van der Waals surface area contributed by atoms with Gasteiger partial charge < -0.3 is 15.4 Å². The lowest BCUT2D eigenvalue weighted by Crippen LogP contribution is -2.59. The van der Waals surface area contributed by atoms with Crippen molar-refractivity contribution >= 4 is 42.6 Å². The second-order valence-electron chi connectivity index (χ2n) is 7.82. The molecule has 0 aromatic carbocycles. The Morgan fingerprint density at radius 1 is 0.968 bits per heavy atom. The molecular formula is C20H35Cl2N5O4. The fourth-order valence-corrected chi connectivity index (χ4v) is 4.45. The maximum atomic E-state index is 13.3. The van der Waals surface area contributed by atoms with Crippen molar-refractivity contribution in [1.82, 2.24) is 25.6 Å². The zero-order valence-electron chi connectivity index (χ0n) is 18.1. The summed E-state index contributed by atoms with van der Waals surface area (Å²) in [7, 11) is 0. The Morgan fingerprint density at radius 2 is 1.52 bits per heavy atom. The highest BCUT2D eigenvalue weighted by molar-refractivity contribution is 6.00. The van der Waals surface area contributed by atoms with Crippen molar-refractivity contribution in [1.29, 1.82) is 0 Å². The first-order valence-electron chi connectivity index (χ1n) is 10.8. The minimum absolute atomic E-state index is 0. The van der Waals surface area contributed by atoms with E-state index in [-0.39, 0.29) is 48.9 Å². The van der Waals surface area contributed by atoms with Crippen LogP contribution in [-0.2, 0) is 19.1 Å². The van der Waals surface area contributed by atoms with Gasteiger partial charge in [0.1, 0.15) is 0 Å². The van der Waals surface area contributed by atoms with Crippen LogP contribution in [0.5, 0.6) is 0 Å². The highest BCUT2D eigenvalue weighted by Crippen LogP contribution is 2.22. The molecule has 0 bridgehead atoms. The molecule has 3 heterocycles. The summed E-state index contributed by atoms with van der Waals surface area (Å²) in [6.45, 7) is 8.18. The lowest BCUT2D eigenvalue weighted by Gasteiger charge is -2.44. The summed E-state index contributed by atoms with van der Waals surface area (Å²) in [5, 5.41) is 9.74. The summed E-state index contributed by atoms with van der Waals surface area (Å²) in [4.78, 5) is 39.9. The summed E-state index contributed by atoms with van der Waals surface area (Å²) in [6.07, 6.45) is 3.64. The van der Waals surface area contributed by atoms with Gasteiger partial charge >= 0.3 is 5.97 Å².